The quantitative estimate of drug-likeness (QED) is 0.389. The number of hydrogen-bond acceptors (Lipinski definition) is 4. The van der Waals surface area contributed by atoms with Gasteiger partial charge in [0.15, 0.2) is 5.65 Å². The molecule has 0 aliphatic rings. The number of nitrogens with zero attached hydrogens (tertiary/aromatic N) is 4. The number of anilines is 2. The van der Waals surface area contributed by atoms with Gasteiger partial charge in [0.2, 0.25) is 0 Å². The molecule has 0 aliphatic heterocycles. The highest BCUT2D eigenvalue weighted by Crippen LogP contribution is 2.27. The number of fused-ring (bicyclic) bond motifs is 1. The monoisotopic (exact) mass is 394 g/mol. The van der Waals surface area contributed by atoms with Crippen LogP contribution in [0.25, 0.3) is 5.65 Å². The molecule has 0 bridgehead atoms. The van der Waals surface area contributed by atoms with Gasteiger partial charge in [0, 0.05) is 29.4 Å². The Balaban J connectivity index is 1.96. The zero-order chi connectivity index (χ0) is 19.1. The molecule has 1 unspecified atom stereocenters. The van der Waals surface area contributed by atoms with Crippen molar-refractivity contribution >= 4 is 45.7 Å². The second-order valence-electron chi connectivity index (χ2n) is 6.71. The van der Waals surface area contributed by atoms with Gasteiger partial charge in [0.25, 0.3) is 0 Å². The molecule has 0 saturated carbocycles. The summed E-state index contributed by atoms with van der Waals surface area (Å²) in [5, 5.41) is 8.07. The van der Waals surface area contributed by atoms with Gasteiger partial charge in [-0.05, 0) is 18.1 Å². The van der Waals surface area contributed by atoms with Crippen LogP contribution in [0.4, 0.5) is 17.2 Å². The molecule has 0 fully saturated rings. The van der Waals surface area contributed by atoms with E-state index in [0.717, 1.165) is 22.6 Å². The van der Waals surface area contributed by atoms with Crippen molar-refractivity contribution in [2.45, 2.75) is 19.8 Å². The van der Waals surface area contributed by atoms with Crippen LogP contribution in [0, 0.1) is 0 Å². The lowest BCUT2D eigenvalue weighted by atomic mass is 10.1. The highest BCUT2D eigenvalue weighted by atomic mass is 35.5. The van der Waals surface area contributed by atoms with Gasteiger partial charge in [0.05, 0.1) is 20.3 Å². The van der Waals surface area contributed by atoms with Crippen LogP contribution >= 0.6 is 11.6 Å². The van der Waals surface area contributed by atoms with Crippen molar-refractivity contribution < 1.29 is 8.76 Å². The number of rotatable bonds is 5. The minimum absolute atomic E-state index is 0.136. The summed E-state index contributed by atoms with van der Waals surface area (Å²) < 4.78 is 22.5. The fourth-order valence-corrected chi connectivity index (χ4v) is 3.07. The van der Waals surface area contributed by atoms with E-state index >= 15 is 0 Å². The molecule has 0 radical (unpaired) electrons. The Bertz CT molecular complexity index is 969. The summed E-state index contributed by atoms with van der Waals surface area (Å²) in [6.07, 6.45) is 1.80. The van der Waals surface area contributed by atoms with E-state index in [9.17, 15) is 8.76 Å². The van der Waals surface area contributed by atoms with Gasteiger partial charge in [0.1, 0.15) is 16.7 Å². The minimum Gasteiger partial charge on any atom is -0.340 e. The summed E-state index contributed by atoms with van der Waals surface area (Å²) >= 11 is 4.17. The van der Waals surface area contributed by atoms with Crippen molar-refractivity contribution in [3.8, 4) is 0 Å². The predicted molar refractivity (Wildman–Crippen MR) is 106 cm³/mol. The minimum atomic E-state index is -2.02. The smallest absolute Gasteiger partial charge is 0.340 e. The normalized spacial score (nSPS) is 13.3. The number of benzene rings is 1. The topological polar surface area (TPSA) is 79.5 Å². The molecular formula is C17H21ClN5O2S+. The summed E-state index contributed by atoms with van der Waals surface area (Å²) in [6, 6.07) is 9.00. The van der Waals surface area contributed by atoms with Crippen molar-refractivity contribution in [3.63, 3.8) is 0 Å². The first-order valence-electron chi connectivity index (χ1n) is 8.07. The van der Waals surface area contributed by atoms with E-state index in [-0.39, 0.29) is 9.81 Å². The van der Waals surface area contributed by atoms with Crippen molar-refractivity contribution in [1.29, 1.82) is 0 Å². The lowest BCUT2D eigenvalue weighted by molar-refractivity contribution is 0.484. The first-order chi connectivity index (χ1) is 12.2. The van der Waals surface area contributed by atoms with E-state index < -0.39 is 11.3 Å². The maximum Gasteiger partial charge on any atom is 0.363 e. The molecular weight excluding hydrogens is 374 g/mol. The summed E-state index contributed by atoms with van der Waals surface area (Å²) in [5.41, 5.74) is 3.27. The molecule has 7 nitrogen and oxygen atoms in total. The van der Waals surface area contributed by atoms with Crippen molar-refractivity contribution in [2.24, 2.45) is 0 Å². The lowest BCUT2D eigenvalue weighted by Gasteiger charge is -2.22. The van der Waals surface area contributed by atoms with Crippen LogP contribution in [-0.4, -0.2) is 37.5 Å². The zero-order valence-electron chi connectivity index (χ0n) is 15.0. The summed E-state index contributed by atoms with van der Waals surface area (Å²) in [7, 11) is 3.34. The molecule has 1 atom stereocenters. The molecule has 0 saturated heterocycles. The van der Waals surface area contributed by atoms with Gasteiger partial charge in [-0.1, -0.05) is 25.4 Å². The van der Waals surface area contributed by atoms with Crippen LogP contribution in [0.1, 0.15) is 25.3 Å². The largest absolute Gasteiger partial charge is 0.363 e. The van der Waals surface area contributed by atoms with E-state index in [4.69, 9.17) is 11.6 Å². The Morgan fingerprint density at radius 1 is 1.27 bits per heavy atom. The maximum atomic E-state index is 11.5. The van der Waals surface area contributed by atoms with Crippen LogP contribution in [0.15, 0.2) is 36.5 Å². The second-order valence-corrected chi connectivity index (χ2v) is 8.47. The highest BCUT2D eigenvalue weighted by Gasteiger charge is 2.26. The van der Waals surface area contributed by atoms with E-state index in [1.807, 2.05) is 12.1 Å². The van der Waals surface area contributed by atoms with Crippen molar-refractivity contribution in [1.82, 2.24) is 18.5 Å². The van der Waals surface area contributed by atoms with Crippen LogP contribution in [0.2, 0.25) is 5.15 Å². The van der Waals surface area contributed by atoms with Crippen molar-refractivity contribution in [2.75, 3.05) is 19.4 Å². The van der Waals surface area contributed by atoms with Crippen LogP contribution < -0.4 is 9.21 Å². The molecule has 1 aromatic carbocycles. The molecule has 0 spiro atoms. The molecule has 0 aliphatic carbocycles. The van der Waals surface area contributed by atoms with E-state index in [0.29, 0.717) is 11.0 Å². The van der Waals surface area contributed by atoms with E-state index in [2.05, 4.69) is 29.2 Å². The number of halogens is 1. The summed E-state index contributed by atoms with van der Waals surface area (Å²) in [4.78, 5) is 4.39. The number of hydrogen-bond donors (Lipinski definition) is 2. The Labute approximate surface area is 159 Å². The second kappa shape index (κ2) is 6.96. The third kappa shape index (κ3) is 3.45. The fraction of sp³-hybridized carbons (Fsp3) is 0.294. The Kier molecular flexibility index (Phi) is 5.03. The maximum absolute atomic E-state index is 11.5. The van der Waals surface area contributed by atoms with Gasteiger partial charge >= 0.3 is 11.3 Å². The van der Waals surface area contributed by atoms with Crippen LogP contribution in [0.5, 0.6) is 0 Å². The third-order valence-electron chi connectivity index (χ3n) is 4.24. The molecule has 3 rings (SSSR count). The standard InChI is InChI=1S/C17H20ClN5O2S/c1-11(2)14-10-19-22-16(9-15(18)21-17(14)22)20-12-5-7-13(8-6-12)23(3,4)26(24)25/h5-11,20H,1-4H3/p+1. The molecule has 138 valence electrons. The molecule has 2 heterocycles. The fourth-order valence-electron chi connectivity index (χ4n) is 2.59. The van der Waals surface area contributed by atoms with Gasteiger partial charge < -0.3 is 5.32 Å². The van der Waals surface area contributed by atoms with Gasteiger partial charge in [-0.2, -0.15) is 17.7 Å². The molecule has 3 aromatic rings. The molecule has 26 heavy (non-hydrogen) atoms. The first kappa shape index (κ1) is 18.8. The Hall–Kier alpha value is -2.00. The molecule has 0 amide bonds. The molecule has 2 aromatic heterocycles. The molecule has 9 heteroatoms. The SMILES string of the molecule is CC(C)c1cnn2c(Nc3ccc([N+](C)(C)S(=O)O)cc3)cc(Cl)nc12. The highest BCUT2D eigenvalue weighted by molar-refractivity contribution is 7.78. The summed E-state index contributed by atoms with van der Waals surface area (Å²) in [6.45, 7) is 4.16. The summed E-state index contributed by atoms with van der Waals surface area (Å²) in [5.74, 6) is 0.976. The average Bonchev–Trinajstić information content (AvgIpc) is 2.99. The first-order valence-corrected chi connectivity index (χ1v) is 9.51. The van der Waals surface area contributed by atoms with E-state index in [1.165, 1.54) is 0 Å². The van der Waals surface area contributed by atoms with Crippen LogP contribution in [0.3, 0.4) is 0 Å². The third-order valence-corrected chi connectivity index (χ3v) is 5.43. The molecule has 2 N–H and O–H groups in total. The van der Waals surface area contributed by atoms with Gasteiger partial charge in [-0.3, -0.25) is 4.55 Å². The number of nitrogens with one attached hydrogen (secondary N) is 1. The Morgan fingerprint density at radius 3 is 2.50 bits per heavy atom. The zero-order valence-corrected chi connectivity index (χ0v) is 16.5. The van der Waals surface area contributed by atoms with Gasteiger partial charge in [-0.25, -0.2) is 4.98 Å². The Morgan fingerprint density at radius 2 is 1.92 bits per heavy atom. The lowest BCUT2D eigenvalue weighted by Crippen LogP contribution is -2.41. The van der Waals surface area contributed by atoms with Crippen molar-refractivity contribution in [3.05, 3.63) is 47.2 Å². The predicted octanol–water partition coefficient (Wildman–Crippen LogP) is 3.95. The van der Waals surface area contributed by atoms with Crippen LogP contribution in [-0.2, 0) is 11.3 Å². The van der Waals surface area contributed by atoms with E-state index in [1.54, 1.807) is 43.0 Å². The van der Waals surface area contributed by atoms with Gasteiger partial charge in [-0.15, -0.1) is 0 Å². The number of aromatic nitrogens is 3. The number of quaternary nitrogens is 1. The average molecular weight is 395 g/mol.